The molecule has 1 aliphatic heterocycles. The molecule has 0 saturated carbocycles. The first kappa shape index (κ1) is 13.1. The van der Waals surface area contributed by atoms with Crippen molar-refractivity contribution < 1.29 is 9.21 Å². The van der Waals surface area contributed by atoms with E-state index in [0.29, 0.717) is 17.5 Å². The molecule has 0 radical (unpaired) electrons. The van der Waals surface area contributed by atoms with Gasteiger partial charge in [-0.25, -0.2) is 4.98 Å². The van der Waals surface area contributed by atoms with Gasteiger partial charge in [0, 0.05) is 6.04 Å². The van der Waals surface area contributed by atoms with Crippen LogP contribution in [0.25, 0.3) is 0 Å². The number of nitrogens with one attached hydrogen (secondary N) is 2. The van der Waals surface area contributed by atoms with Crippen molar-refractivity contribution in [3.63, 3.8) is 0 Å². The Morgan fingerprint density at radius 2 is 2.33 bits per heavy atom. The molecule has 2 atom stereocenters. The Morgan fingerprint density at radius 3 is 2.94 bits per heavy atom. The fourth-order valence-corrected chi connectivity index (χ4v) is 1.89. The minimum Gasteiger partial charge on any atom is -0.446 e. The van der Waals surface area contributed by atoms with Crippen LogP contribution in [0, 0.1) is 5.92 Å². The van der Waals surface area contributed by atoms with Crippen molar-refractivity contribution in [2.24, 2.45) is 5.92 Å². The van der Waals surface area contributed by atoms with Gasteiger partial charge in [0.1, 0.15) is 6.26 Å². The van der Waals surface area contributed by atoms with E-state index in [-0.39, 0.29) is 18.0 Å². The second-order valence-electron chi connectivity index (χ2n) is 5.23. The third-order valence-electron chi connectivity index (χ3n) is 3.47. The second-order valence-corrected chi connectivity index (χ2v) is 5.23. The summed E-state index contributed by atoms with van der Waals surface area (Å²) in [6.07, 6.45) is 3.58. The summed E-state index contributed by atoms with van der Waals surface area (Å²) in [6, 6.07) is 0.288. The van der Waals surface area contributed by atoms with Gasteiger partial charge >= 0.3 is 0 Å². The van der Waals surface area contributed by atoms with Gasteiger partial charge in [-0.15, -0.1) is 0 Å². The SMILES string of the molecule is CC(C)C(C)NC(=O)c1coc(C2CCCN2)n1. The highest BCUT2D eigenvalue weighted by Crippen LogP contribution is 2.22. The summed E-state index contributed by atoms with van der Waals surface area (Å²) < 4.78 is 5.38. The van der Waals surface area contributed by atoms with Gasteiger partial charge in [0.15, 0.2) is 5.69 Å². The summed E-state index contributed by atoms with van der Waals surface area (Å²) in [5.74, 6) is 0.857. The van der Waals surface area contributed by atoms with Gasteiger partial charge in [-0.05, 0) is 32.2 Å². The van der Waals surface area contributed by atoms with E-state index in [1.165, 1.54) is 6.26 Å². The highest BCUT2D eigenvalue weighted by Gasteiger charge is 2.23. The molecule has 2 rings (SSSR count). The van der Waals surface area contributed by atoms with Crippen LogP contribution in [-0.2, 0) is 0 Å². The Kier molecular flexibility index (Phi) is 4.01. The molecule has 1 aromatic rings. The van der Waals surface area contributed by atoms with Crippen molar-refractivity contribution >= 4 is 5.91 Å². The number of carbonyl (C=O) groups excluding carboxylic acids is 1. The molecular weight excluding hydrogens is 230 g/mol. The van der Waals surface area contributed by atoms with Crippen molar-refractivity contribution in [3.05, 3.63) is 17.8 Å². The van der Waals surface area contributed by atoms with Crippen LogP contribution in [0.15, 0.2) is 10.7 Å². The largest absolute Gasteiger partial charge is 0.446 e. The first-order chi connectivity index (χ1) is 8.58. The summed E-state index contributed by atoms with van der Waals surface area (Å²) in [6.45, 7) is 7.12. The quantitative estimate of drug-likeness (QED) is 0.857. The molecule has 5 heteroatoms. The molecule has 1 saturated heterocycles. The van der Waals surface area contributed by atoms with Crippen molar-refractivity contribution in [1.29, 1.82) is 0 Å². The fourth-order valence-electron chi connectivity index (χ4n) is 1.89. The fraction of sp³-hybridized carbons (Fsp3) is 0.692. The molecule has 0 aromatic carbocycles. The number of amides is 1. The summed E-state index contributed by atoms with van der Waals surface area (Å²) >= 11 is 0. The molecule has 0 bridgehead atoms. The zero-order valence-corrected chi connectivity index (χ0v) is 11.2. The lowest BCUT2D eigenvalue weighted by molar-refractivity contribution is 0.0925. The van der Waals surface area contributed by atoms with E-state index in [9.17, 15) is 4.79 Å². The van der Waals surface area contributed by atoms with Crippen LogP contribution < -0.4 is 10.6 Å². The molecule has 2 heterocycles. The van der Waals surface area contributed by atoms with E-state index in [2.05, 4.69) is 29.5 Å². The van der Waals surface area contributed by atoms with Gasteiger partial charge in [-0.1, -0.05) is 13.8 Å². The van der Waals surface area contributed by atoms with Crippen LogP contribution in [0.2, 0.25) is 0 Å². The molecule has 0 aliphatic carbocycles. The lowest BCUT2D eigenvalue weighted by Crippen LogP contribution is -2.36. The average Bonchev–Trinajstić information content (AvgIpc) is 2.99. The predicted molar refractivity (Wildman–Crippen MR) is 68.2 cm³/mol. The zero-order chi connectivity index (χ0) is 13.1. The third-order valence-corrected chi connectivity index (χ3v) is 3.47. The van der Waals surface area contributed by atoms with Gasteiger partial charge in [0.05, 0.1) is 6.04 Å². The lowest BCUT2D eigenvalue weighted by Gasteiger charge is -2.16. The maximum absolute atomic E-state index is 11.9. The Balaban J connectivity index is 1.98. The van der Waals surface area contributed by atoms with E-state index in [1.54, 1.807) is 0 Å². The molecule has 1 aliphatic rings. The number of rotatable bonds is 4. The van der Waals surface area contributed by atoms with Crippen LogP contribution in [0.1, 0.15) is 56.0 Å². The second kappa shape index (κ2) is 5.52. The Hall–Kier alpha value is -1.36. The lowest BCUT2D eigenvalue weighted by atomic mass is 10.1. The number of carbonyl (C=O) groups is 1. The number of hydrogen-bond donors (Lipinski definition) is 2. The first-order valence-electron chi connectivity index (χ1n) is 6.57. The Bertz CT molecular complexity index is 408. The molecule has 1 amide bonds. The summed E-state index contributed by atoms with van der Waals surface area (Å²) in [5, 5.41) is 6.21. The zero-order valence-electron chi connectivity index (χ0n) is 11.2. The van der Waals surface area contributed by atoms with Crippen molar-refractivity contribution in [1.82, 2.24) is 15.6 Å². The maximum Gasteiger partial charge on any atom is 0.273 e. The smallest absolute Gasteiger partial charge is 0.273 e. The molecule has 18 heavy (non-hydrogen) atoms. The first-order valence-corrected chi connectivity index (χ1v) is 6.57. The standard InChI is InChI=1S/C13H21N3O2/c1-8(2)9(3)15-12(17)11-7-18-13(16-11)10-5-4-6-14-10/h7-10,14H,4-6H2,1-3H3,(H,15,17). The highest BCUT2D eigenvalue weighted by molar-refractivity contribution is 5.92. The van der Waals surface area contributed by atoms with E-state index in [0.717, 1.165) is 19.4 Å². The summed E-state index contributed by atoms with van der Waals surface area (Å²) in [5.41, 5.74) is 0.367. The monoisotopic (exact) mass is 251 g/mol. The molecule has 100 valence electrons. The van der Waals surface area contributed by atoms with Gasteiger partial charge in [-0.3, -0.25) is 4.79 Å². The van der Waals surface area contributed by atoms with Gasteiger partial charge in [0.2, 0.25) is 5.89 Å². The number of hydrogen-bond acceptors (Lipinski definition) is 4. The number of oxazole rings is 1. The summed E-state index contributed by atoms with van der Waals surface area (Å²) in [7, 11) is 0. The van der Waals surface area contributed by atoms with Crippen molar-refractivity contribution in [2.75, 3.05) is 6.54 Å². The molecule has 2 N–H and O–H groups in total. The van der Waals surface area contributed by atoms with Crippen molar-refractivity contribution in [3.8, 4) is 0 Å². The number of nitrogens with zero attached hydrogens (tertiary/aromatic N) is 1. The molecule has 5 nitrogen and oxygen atoms in total. The van der Waals surface area contributed by atoms with Crippen LogP contribution in [-0.4, -0.2) is 23.5 Å². The highest BCUT2D eigenvalue weighted by atomic mass is 16.3. The van der Waals surface area contributed by atoms with Crippen LogP contribution >= 0.6 is 0 Å². The topological polar surface area (TPSA) is 67.2 Å². The van der Waals surface area contributed by atoms with Gasteiger partial charge in [0.25, 0.3) is 5.91 Å². The van der Waals surface area contributed by atoms with E-state index < -0.39 is 0 Å². The van der Waals surface area contributed by atoms with Gasteiger partial charge in [-0.2, -0.15) is 0 Å². The van der Waals surface area contributed by atoms with Crippen LogP contribution in [0.5, 0.6) is 0 Å². The van der Waals surface area contributed by atoms with Gasteiger partial charge < -0.3 is 15.1 Å². The molecule has 2 unspecified atom stereocenters. The Labute approximate surface area is 107 Å². The van der Waals surface area contributed by atoms with E-state index >= 15 is 0 Å². The third kappa shape index (κ3) is 2.90. The molecular formula is C13H21N3O2. The normalized spacial score (nSPS) is 21.2. The van der Waals surface area contributed by atoms with Crippen LogP contribution in [0.4, 0.5) is 0 Å². The number of aromatic nitrogens is 1. The molecule has 1 fully saturated rings. The maximum atomic E-state index is 11.9. The predicted octanol–water partition coefficient (Wildman–Crippen LogP) is 1.87. The average molecular weight is 251 g/mol. The minimum atomic E-state index is -0.163. The van der Waals surface area contributed by atoms with E-state index in [1.807, 2.05) is 6.92 Å². The van der Waals surface area contributed by atoms with Crippen LogP contribution in [0.3, 0.4) is 0 Å². The Morgan fingerprint density at radius 1 is 1.56 bits per heavy atom. The molecule has 0 spiro atoms. The summed E-state index contributed by atoms with van der Waals surface area (Å²) in [4.78, 5) is 16.2. The molecule has 1 aromatic heterocycles. The van der Waals surface area contributed by atoms with Crippen molar-refractivity contribution in [2.45, 2.75) is 45.7 Å². The van der Waals surface area contributed by atoms with E-state index in [4.69, 9.17) is 4.42 Å². The minimum absolute atomic E-state index is 0.127.